The van der Waals surface area contributed by atoms with Gasteiger partial charge in [0.15, 0.2) is 5.11 Å². The molecule has 0 saturated heterocycles. The molecule has 0 aliphatic rings. The molecule has 0 spiro atoms. The summed E-state index contributed by atoms with van der Waals surface area (Å²) in [4.78, 5) is 0. The molecule has 3 heteroatoms. The first kappa shape index (κ1) is 16.5. The Morgan fingerprint density at radius 2 is 1.68 bits per heavy atom. The zero-order valence-electron chi connectivity index (χ0n) is 13.7. The van der Waals surface area contributed by atoms with Gasteiger partial charge in [0.1, 0.15) is 0 Å². The summed E-state index contributed by atoms with van der Waals surface area (Å²) in [5.41, 5.74) is 6.16. The van der Waals surface area contributed by atoms with Crippen molar-refractivity contribution < 1.29 is 0 Å². The third-order valence-corrected chi connectivity index (χ3v) is 4.18. The highest BCUT2D eigenvalue weighted by atomic mass is 32.1. The fourth-order valence-electron chi connectivity index (χ4n) is 2.36. The molecule has 0 aliphatic carbocycles. The number of nitrogens with one attached hydrogen (secondary N) is 2. The van der Waals surface area contributed by atoms with Crippen LogP contribution in [0.5, 0.6) is 0 Å². The molecule has 0 heterocycles. The van der Waals surface area contributed by atoms with Crippen molar-refractivity contribution in [2.45, 2.75) is 40.2 Å². The topological polar surface area (TPSA) is 24.1 Å². The summed E-state index contributed by atoms with van der Waals surface area (Å²) in [6.07, 6.45) is 0.984. The number of thiocarbonyl (C=S) groups is 1. The average Bonchev–Trinajstić information content (AvgIpc) is 2.50. The number of hydrogen-bond acceptors (Lipinski definition) is 1. The Kier molecular flexibility index (Phi) is 5.56. The van der Waals surface area contributed by atoms with Crippen LogP contribution in [0.2, 0.25) is 0 Å². The van der Waals surface area contributed by atoms with E-state index in [4.69, 9.17) is 12.2 Å². The van der Waals surface area contributed by atoms with E-state index in [2.05, 4.69) is 68.7 Å². The molecule has 1 atom stereocenters. The SMILES string of the molecule is CC[C@@H](NC(=S)Nc1ccc(C)cc1)c1ccc(C)c(C)c1. The van der Waals surface area contributed by atoms with Crippen molar-refractivity contribution in [3.8, 4) is 0 Å². The van der Waals surface area contributed by atoms with Crippen molar-refractivity contribution >= 4 is 23.0 Å². The normalized spacial score (nSPS) is 11.8. The Morgan fingerprint density at radius 3 is 2.27 bits per heavy atom. The molecule has 0 aromatic heterocycles. The molecule has 0 aliphatic heterocycles. The van der Waals surface area contributed by atoms with Crippen LogP contribution in [0, 0.1) is 20.8 Å². The Balaban J connectivity index is 2.04. The van der Waals surface area contributed by atoms with E-state index in [-0.39, 0.29) is 6.04 Å². The molecule has 0 saturated carbocycles. The zero-order chi connectivity index (χ0) is 16.1. The monoisotopic (exact) mass is 312 g/mol. The Hall–Kier alpha value is -1.87. The highest BCUT2D eigenvalue weighted by Gasteiger charge is 2.11. The van der Waals surface area contributed by atoms with Gasteiger partial charge in [-0.1, -0.05) is 42.8 Å². The van der Waals surface area contributed by atoms with E-state index in [0.29, 0.717) is 5.11 Å². The van der Waals surface area contributed by atoms with Gasteiger partial charge < -0.3 is 10.6 Å². The van der Waals surface area contributed by atoms with Crippen LogP contribution in [0.1, 0.15) is 41.6 Å². The first-order valence-electron chi connectivity index (χ1n) is 7.71. The van der Waals surface area contributed by atoms with Crippen molar-refractivity contribution in [1.82, 2.24) is 5.32 Å². The van der Waals surface area contributed by atoms with Crippen LogP contribution in [0.25, 0.3) is 0 Å². The molecule has 0 amide bonds. The van der Waals surface area contributed by atoms with Gasteiger partial charge in [-0.05, 0) is 68.2 Å². The molecule has 0 bridgehead atoms. The number of rotatable bonds is 4. The first-order chi connectivity index (χ1) is 10.5. The second kappa shape index (κ2) is 7.41. The van der Waals surface area contributed by atoms with E-state index >= 15 is 0 Å². The second-order valence-electron chi connectivity index (χ2n) is 5.77. The van der Waals surface area contributed by atoms with Crippen LogP contribution >= 0.6 is 12.2 Å². The fraction of sp³-hybridized carbons (Fsp3) is 0.316. The molecule has 2 nitrogen and oxygen atoms in total. The summed E-state index contributed by atoms with van der Waals surface area (Å²) in [5, 5.41) is 7.32. The lowest BCUT2D eigenvalue weighted by Crippen LogP contribution is -2.32. The predicted octanol–water partition coefficient (Wildman–Crippen LogP) is 5.05. The minimum Gasteiger partial charge on any atom is -0.356 e. The maximum absolute atomic E-state index is 5.45. The highest BCUT2D eigenvalue weighted by molar-refractivity contribution is 7.80. The minimum absolute atomic E-state index is 0.227. The van der Waals surface area contributed by atoms with Crippen molar-refractivity contribution in [3.63, 3.8) is 0 Å². The van der Waals surface area contributed by atoms with E-state index in [1.165, 1.54) is 22.3 Å². The lowest BCUT2D eigenvalue weighted by atomic mass is 9.99. The molecule has 116 valence electrons. The average molecular weight is 312 g/mol. The maximum atomic E-state index is 5.45. The number of aryl methyl sites for hydroxylation is 3. The van der Waals surface area contributed by atoms with Gasteiger partial charge in [-0.2, -0.15) is 0 Å². The largest absolute Gasteiger partial charge is 0.356 e. The fourth-order valence-corrected chi connectivity index (χ4v) is 2.62. The van der Waals surface area contributed by atoms with E-state index in [9.17, 15) is 0 Å². The predicted molar refractivity (Wildman–Crippen MR) is 99.5 cm³/mol. The summed E-state index contributed by atoms with van der Waals surface area (Å²) in [6.45, 7) is 8.53. The minimum atomic E-state index is 0.227. The van der Waals surface area contributed by atoms with E-state index in [1.807, 2.05) is 12.1 Å². The van der Waals surface area contributed by atoms with Crippen molar-refractivity contribution in [3.05, 3.63) is 64.7 Å². The summed E-state index contributed by atoms with van der Waals surface area (Å²) in [6, 6.07) is 15.1. The van der Waals surface area contributed by atoms with Gasteiger partial charge in [0.25, 0.3) is 0 Å². The molecule has 2 rings (SSSR count). The molecular formula is C19H24N2S. The Morgan fingerprint density at radius 1 is 1.00 bits per heavy atom. The third-order valence-electron chi connectivity index (χ3n) is 3.96. The van der Waals surface area contributed by atoms with Gasteiger partial charge in [-0.3, -0.25) is 0 Å². The number of anilines is 1. The lowest BCUT2D eigenvalue weighted by Gasteiger charge is -2.21. The van der Waals surface area contributed by atoms with Crippen LogP contribution in [0.4, 0.5) is 5.69 Å². The molecular weight excluding hydrogens is 288 g/mol. The highest BCUT2D eigenvalue weighted by Crippen LogP contribution is 2.20. The summed E-state index contributed by atoms with van der Waals surface area (Å²) in [5.74, 6) is 0. The van der Waals surface area contributed by atoms with E-state index in [1.54, 1.807) is 0 Å². The standard InChI is InChI=1S/C19H24N2S/c1-5-18(16-9-8-14(3)15(4)12-16)21-19(22)20-17-10-6-13(2)7-11-17/h6-12,18H,5H2,1-4H3,(H2,20,21,22)/t18-/m1/s1. The quantitative estimate of drug-likeness (QED) is 0.773. The summed E-state index contributed by atoms with van der Waals surface area (Å²) in [7, 11) is 0. The van der Waals surface area contributed by atoms with Gasteiger partial charge in [-0.15, -0.1) is 0 Å². The van der Waals surface area contributed by atoms with Crippen LogP contribution in [-0.4, -0.2) is 5.11 Å². The van der Waals surface area contributed by atoms with Crippen molar-refractivity contribution in [2.24, 2.45) is 0 Å². The Bertz CT molecular complexity index is 647. The first-order valence-corrected chi connectivity index (χ1v) is 8.11. The van der Waals surface area contributed by atoms with Crippen LogP contribution < -0.4 is 10.6 Å². The molecule has 2 aromatic rings. The van der Waals surface area contributed by atoms with Gasteiger partial charge in [0.2, 0.25) is 0 Å². The summed E-state index contributed by atoms with van der Waals surface area (Å²) < 4.78 is 0. The Labute approximate surface area is 139 Å². The van der Waals surface area contributed by atoms with Gasteiger partial charge in [0.05, 0.1) is 6.04 Å². The molecule has 2 aromatic carbocycles. The van der Waals surface area contributed by atoms with E-state index in [0.717, 1.165) is 12.1 Å². The van der Waals surface area contributed by atoms with Crippen LogP contribution in [0.3, 0.4) is 0 Å². The second-order valence-corrected chi connectivity index (χ2v) is 6.18. The molecule has 0 radical (unpaired) electrons. The molecule has 2 N–H and O–H groups in total. The maximum Gasteiger partial charge on any atom is 0.171 e. The van der Waals surface area contributed by atoms with Crippen LogP contribution in [0.15, 0.2) is 42.5 Å². The van der Waals surface area contributed by atoms with Gasteiger partial charge >= 0.3 is 0 Å². The van der Waals surface area contributed by atoms with Crippen LogP contribution in [-0.2, 0) is 0 Å². The number of benzene rings is 2. The van der Waals surface area contributed by atoms with Crippen molar-refractivity contribution in [2.75, 3.05) is 5.32 Å². The van der Waals surface area contributed by atoms with E-state index < -0.39 is 0 Å². The smallest absolute Gasteiger partial charge is 0.171 e. The van der Waals surface area contributed by atoms with Gasteiger partial charge in [0, 0.05) is 5.69 Å². The van der Waals surface area contributed by atoms with Gasteiger partial charge in [-0.25, -0.2) is 0 Å². The lowest BCUT2D eigenvalue weighted by molar-refractivity contribution is 0.628. The number of hydrogen-bond donors (Lipinski definition) is 2. The third kappa shape index (κ3) is 4.31. The van der Waals surface area contributed by atoms with Crippen molar-refractivity contribution in [1.29, 1.82) is 0 Å². The summed E-state index contributed by atoms with van der Waals surface area (Å²) >= 11 is 5.45. The molecule has 0 fully saturated rings. The molecule has 0 unspecified atom stereocenters. The zero-order valence-corrected chi connectivity index (χ0v) is 14.6. The molecule has 22 heavy (non-hydrogen) atoms.